The second-order valence-corrected chi connectivity index (χ2v) is 7.34. The van der Waals surface area contributed by atoms with E-state index in [-0.39, 0.29) is 25.7 Å². The molecule has 0 bridgehead atoms. The molecule has 0 amide bonds. The molecular formula is C20H38O7. The van der Waals surface area contributed by atoms with Gasteiger partial charge in [0.1, 0.15) is 6.10 Å². The van der Waals surface area contributed by atoms with Crippen LogP contribution in [0.2, 0.25) is 0 Å². The molecule has 0 unspecified atom stereocenters. The Balaban J connectivity index is 4.34. The average molecular weight is 391 g/mol. The fourth-order valence-corrected chi connectivity index (χ4v) is 2.99. The second kappa shape index (κ2) is 15.8. The summed E-state index contributed by atoms with van der Waals surface area (Å²) in [5.41, 5.74) is 0. The number of aliphatic hydroxyl groups excluding tert-OH is 3. The van der Waals surface area contributed by atoms with Crippen LogP contribution in [0, 0.1) is 0 Å². The van der Waals surface area contributed by atoms with Crippen LogP contribution in [0.15, 0.2) is 0 Å². The number of carbonyl (C=O) groups excluding carboxylic acids is 1. The van der Waals surface area contributed by atoms with E-state index in [9.17, 15) is 24.9 Å². The first kappa shape index (κ1) is 25.8. The van der Waals surface area contributed by atoms with E-state index in [1.54, 1.807) is 0 Å². The van der Waals surface area contributed by atoms with Crippen molar-refractivity contribution in [3.63, 3.8) is 0 Å². The van der Waals surface area contributed by atoms with Gasteiger partial charge in [0.2, 0.25) is 0 Å². The van der Waals surface area contributed by atoms with Crippen molar-refractivity contribution in [2.75, 3.05) is 0 Å². The van der Waals surface area contributed by atoms with Gasteiger partial charge in [-0.25, -0.2) is 0 Å². The van der Waals surface area contributed by atoms with Crippen molar-refractivity contribution in [2.45, 2.75) is 115 Å². The molecule has 0 fully saturated rings. The maximum absolute atomic E-state index is 12.0. The van der Waals surface area contributed by atoms with Gasteiger partial charge in [0.05, 0.1) is 31.2 Å². The van der Waals surface area contributed by atoms with Crippen LogP contribution in [0.25, 0.3) is 0 Å². The number of carboxylic acid groups (broad SMARTS) is 1. The van der Waals surface area contributed by atoms with E-state index in [4.69, 9.17) is 9.84 Å². The van der Waals surface area contributed by atoms with Crippen LogP contribution in [0.5, 0.6) is 0 Å². The highest BCUT2D eigenvalue weighted by molar-refractivity contribution is 5.71. The molecule has 0 rings (SSSR count). The lowest BCUT2D eigenvalue weighted by atomic mass is 10.0. The molecule has 4 atom stereocenters. The summed E-state index contributed by atoms with van der Waals surface area (Å²) in [4.78, 5) is 23.0. The lowest BCUT2D eigenvalue weighted by Gasteiger charge is -2.21. The number of hydrogen-bond acceptors (Lipinski definition) is 6. The Morgan fingerprint density at radius 1 is 0.778 bits per heavy atom. The van der Waals surface area contributed by atoms with Crippen molar-refractivity contribution < 1.29 is 34.8 Å². The first-order chi connectivity index (χ1) is 12.8. The lowest BCUT2D eigenvalue weighted by Crippen LogP contribution is -2.29. The molecule has 0 aliphatic heterocycles. The monoisotopic (exact) mass is 390 g/mol. The number of carbonyl (C=O) groups is 2. The van der Waals surface area contributed by atoms with E-state index in [2.05, 4.69) is 6.92 Å². The Morgan fingerprint density at radius 3 is 1.78 bits per heavy atom. The lowest BCUT2D eigenvalue weighted by molar-refractivity contribution is -0.156. The minimum absolute atomic E-state index is 0.0670. The van der Waals surface area contributed by atoms with E-state index in [1.165, 1.54) is 0 Å². The Hall–Kier alpha value is -1.18. The van der Waals surface area contributed by atoms with Crippen LogP contribution in [-0.2, 0) is 14.3 Å². The zero-order chi connectivity index (χ0) is 20.7. The summed E-state index contributed by atoms with van der Waals surface area (Å²) < 4.78 is 5.17. The van der Waals surface area contributed by atoms with Gasteiger partial charge in [-0.3, -0.25) is 9.59 Å². The number of rotatable bonds is 17. The van der Waals surface area contributed by atoms with Crippen molar-refractivity contribution in [3.8, 4) is 0 Å². The van der Waals surface area contributed by atoms with Crippen LogP contribution in [0.4, 0.5) is 0 Å². The summed E-state index contributed by atoms with van der Waals surface area (Å²) in [6.45, 7) is 4.11. The zero-order valence-electron chi connectivity index (χ0n) is 16.8. The first-order valence-electron chi connectivity index (χ1n) is 10.2. The molecule has 0 spiro atoms. The Morgan fingerprint density at radius 2 is 1.30 bits per heavy atom. The van der Waals surface area contributed by atoms with Gasteiger partial charge in [-0.2, -0.15) is 0 Å². The van der Waals surface area contributed by atoms with Gasteiger partial charge in [0.15, 0.2) is 0 Å². The molecule has 0 saturated carbocycles. The number of hydrogen-bond donors (Lipinski definition) is 4. The van der Waals surface area contributed by atoms with E-state index in [0.717, 1.165) is 38.5 Å². The fraction of sp³-hybridized carbons (Fsp3) is 0.900. The average Bonchev–Trinajstić information content (AvgIpc) is 2.54. The van der Waals surface area contributed by atoms with E-state index in [1.807, 2.05) is 6.92 Å². The number of ether oxygens (including phenoxy) is 1. The maximum Gasteiger partial charge on any atom is 0.308 e. The summed E-state index contributed by atoms with van der Waals surface area (Å²) >= 11 is 0. The molecule has 0 aliphatic rings. The smallest absolute Gasteiger partial charge is 0.308 e. The zero-order valence-corrected chi connectivity index (χ0v) is 16.8. The molecule has 0 saturated heterocycles. The largest absolute Gasteiger partial charge is 0.481 e. The molecule has 0 heterocycles. The Labute approximate surface area is 162 Å². The molecule has 0 aliphatic carbocycles. The normalized spacial score (nSPS) is 15.7. The van der Waals surface area contributed by atoms with Crippen LogP contribution in [0.3, 0.4) is 0 Å². The van der Waals surface area contributed by atoms with Crippen molar-refractivity contribution >= 4 is 11.9 Å². The third-order valence-electron chi connectivity index (χ3n) is 4.46. The molecule has 0 aromatic carbocycles. The van der Waals surface area contributed by atoms with Crippen LogP contribution in [-0.4, -0.2) is 56.8 Å². The van der Waals surface area contributed by atoms with Crippen LogP contribution >= 0.6 is 0 Å². The molecule has 0 aromatic heterocycles. The standard InChI is InChI=1S/C20H38O7/c1-3-5-7-9-15(21)11-17(23)13-20(26)27-18(14-19(24)25)12-16(22)10-8-6-4-2/h15-18,21-23H,3-14H2,1-2H3,(H,24,25)/t15-,16-,17-,18-/m0/s1. The predicted octanol–water partition coefficient (Wildman–Crippen LogP) is 2.79. The summed E-state index contributed by atoms with van der Waals surface area (Å²) in [6, 6.07) is 0. The summed E-state index contributed by atoms with van der Waals surface area (Å²) in [7, 11) is 0. The molecule has 0 radical (unpaired) electrons. The molecule has 27 heavy (non-hydrogen) atoms. The van der Waals surface area contributed by atoms with Crippen molar-refractivity contribution in [3.05, 3.63) is 0 Å². The van der Waals surface area contributed by atoms with Gasteiger partial charge in [0, 0.05) is 6.42 Å². The SMILES string of the molecule is CCCCC[C@H](O)C[C@H](O)CC(=O)O[C@H](CC(=O)O)C[C@@H](O)CCCCC. The minimum Gasteiger partial charge on any atom is -0.481 e. The Bertz CT molecular complexity index is 400. The first-order valence-corrected chi connectivity index (χ1v) is 10.2. The van der Waals surface area contributed by atoms with E-state index < -0.39 is 36.4 Å². The maximum atomic E-state index is 12.0. The molecular weight excluding hydrogens is 352 g/mol. The van der Waals surface area contributed by atoms with Crippen LogP contribution < -0.4 is 0 Å². The summed E-state index contributed by atoms with van der Waals surface area (Å²) in [6.07, 6.45) is 2.97. The molecule has 4 N–H and O–H groups in total. The topological polar surface area (TPSA) is 124 Å². The quantitative estimate of drug-likeness (QED) is 0.222. The summed E-state index contributed by atoms with van der Waals surface area (Å²) in [5, 5.41) is 38.8. The number of esters is 1. The fourth-order valence-electron chi connectivity index (χ4n) is 2.99. The second-order valence-electron chi connectivity index (χ2n) is 7.34. The molecule has 7 nitrogen and oxygen atoms in total. The highest BCUT2D eigenvalue weighted by atomic mass is 16.5. The summed E-state index contributed by atoms with van der Waals surface area (Å²) in [5.74, 6) is -1.82. The number of aliphatic hydroxyl groups is 3. The molecule has 7 heteroatoms. The van der Waals surface area contributed by atoms with E-state index >= 15 is 0 Å². The van der Waals surface area contributed by atoms with E-state index in [0.29, 0.717) is 12.8 Å². The number of unbranched alkanes of at least 4 members (excludes halogenated alkanes) is 4. The third-order valence-corrected chi connectivity index (χ3v) is 4.46. The van der Waals surface area contributed by atoms with Gasteiger partial charge in [-0.1, -0.05) is 52.4 Å². The molecule has 0 aromatic rings. The van der Waals surface area contributed by atoms with Gasteiger partial charge >= 0.3 is 11.9 Å². The third kappa shape index (κ3) is 15.6. The predicted molar refractivity (Wildman–Crippen MR) is 102 cm³/mol. The highest BCUT2D eigenvalue weighted by Crippen LogP contribution is 2.16. The van der Waals surface area contributed by atoms with Crippen LogP contribution in [0.1, 0.15) is 90.9 Å². The van der Waals surface area contributed by atoms with Gasteiger partial charge in [-0.05, 0) is 19.3 Å². The van der Waals surface area contributed by atoms with Crippen molar-refractivity contribution in [1.82, 2.24) is 0 Å². The highest BCUT2D eigenvalue weighted by Gasteiger charge is 2.23. The molecule has 160 valence electrons. The van der Waals surface area contributed by atoms with Crippen molar-refractivity contribution in [1.29, 1.82) is 0 Å². The van der Waals surface area contributed by atoms with Gasteiger partial charge in [-0.15, -0.1) is 0 Å². The van der Waals surface area contributed by atoms with Crippen molar-refractivity contribution in [2.24, 2.45) is 0 Å². The Kier molecular flexibility index (Phi) is 15.1. The van der Waals surface area contributed by atoms with Gasteiger partial charge < -0.3 is 25.2 Å². The minimum atomic E-state index is -1.11. The number of aliphatic carboxylic acids is 1. The number of carboxylic acids is 1. The van der Waals surface area contributed by atoms with Gasteiger partial charge in [0.25, 0.3) is 0 Å².